The van der Waals surface area contributed by atoms with Gasteiger partial charge in [-0.05, 0) is 23.8 Å². The topological polar surface area (TPSA) is 97.1 Å². The van der Waals surface area contributed by atoms with Crippen molar-refractivity contribution in [2.45, 2.75) is 6.61 Å². The Morgan fingerprint density at radius 3 is 2.70 bits per heavy atom. The summed E-state index contributed by atoms with van der Waals surface area (Å²) in [5, 5.41) is 8.90. The average Bonchev–Trinajstić information content (AvgIpc) is 2.57. The number of hydrogen-bond donors (Lipinski definition) is 3. The van der Waals surface area contributed by atoms with Crippen LogP contribution in [0.1, 0.15) is 11.1 Å². The van der Waals surface area contributed by atoms with Crippen LogP contribution in [0.2, 0.25) is 0 Å². The van der Waals surface area contributed by atoms with Crippen LogP contribution >= 0.6 is 0 Å². The zero-order valence-corrected chi connectivity index (χ0v) is 12.0. The minimum atomic E-state index is -0.652. The third-order valence-electron chi connectivity index (χ3n) is 3.05. The molecule has 0 amide bonds. The summed E-state index contributed by atoms with van der Waals surface area (Å²) in [6.07, 6.45) is 0. The number of allylic oxidation sites excluding steroid dienone is 1. The van der Waals surface area contributed by atoms with E-state index in [0.29, 0.717) is 11.1 Å². The predicted molar refractivity (Wildman–Crippen MR) is 81.2 cm³/mol. The van der Waals surface area contributed by atoms with Gasteiger partial charge in [-0.1, -0.05) is 18.2 Å². The van der Waals surface area contributed by atoms with Crippen LogP contribution < -0.4 is 21.7 Å². The molecule has 2 aromatic rings. The number of hydrazine groups is 1. The molecule has 0 radical (unpaired) electrons. The number of ether oxygens (including phenoxy) is 1. The van der Waals surface area contributed by atoms with Gasteiger partial charge in [0.1, 0.15) is 18.5 Å². The highest BCUT2D eigenvalue weighted by Gasteiger charge is 2.08. The first-order valence-electron chi connectivity index (χ1n) is 6.58. The van der Waals surface area contributed by atoms with Crippen LogP contribution in [0.3, 0.4) is 0 Å². The van der Waals surface area contributed by atoms with Crippen molar-refractivity contribution in [1.29, 1.82) is 5.26 Å². The van der Waals surface area contributed by atoms with Crippen LogP contribution in [0, 0.1) is 23.0 Å². The predicted octanol–water partition coefficient (Wildman–Crippen LogP) is 2.16. The zero-order valence-electron chi connectivity index (χ0n) is 12.0. The Bertz CT molecular complexity index is 784. The summed E-state index contributed by atoms with van der Waals surface area (Å²) in [7, 11) is 0. The molecule has 7 heteroatoms. The number of nitrogens with zero attached hydrogens (tertiary/aromatic N) is 1. The maximum absolute atomic E-state index is 13.5. The van der Waals surface area contributed by atoms with E-state index in [4.69, 9.17) is 21.6 Å². The first kappa shape index (κ1) is 16.3. The maximum Gasteiger partial charge on any atom is 0.165 e. The van der Waals surface area contributed by atoms with Gasteiger partial charge in [0.25, 0.3) is 0 Å². The maximum atomic E-state index is 13.5. The molecule has 0 saturated heterocycles. The molecule has 0 heterocycles. The minimum Gasteiger partial charge on any atom is -0.486 e. The fourth-order valence-electron chi connectivity index (χ4n) is 1.89. The van der Waals surface area contributed by atoms with E-state index in [2.05, 4.69) is 5.43 Å². The fraction of sp³-hybridized carbons (Fsp3) is 0.0625. The molecular weight excluding hydrogens is 302 g/mol. The Hall–Kier alpha value is -3.11. The molecule has 0 aliphatic carbocycles. The largest absolute Gasteiger partial charge is 0.486 e. The Labute approximate surface area is 131 Å². The van der Waals surface area contributed by atoms with Crippen molar-refractivity contribution in [2.24, 2.45) is 11.6 Å². The lowest BCUT2D eigenvalue weighted by Gasteiger charge is -2.10. The Kier molecular flexibility index (Phi) is 5.12. The van der Waals surface area contributed by atoms with Crippen molar-refractivity contribution in [3.05, 3.63) is 70.9 Å². The lowest BCUT2D eigenvalue weighted by atomic mass is 10.1. The first-order chi connectivity index (χ1) is 11.0. The van der Waals surface area contributed by atoms with Crippen molar-refractivity contribution < 1.29 is 13.5 Å². The molecule has 0 aliphatic rings. The highest BCUT2D eigenvalue weighted by molar-refractivity contribution is 5.68. The van der Waals surface area contributed by atoms with E-state index in [1.165, 1.54) is 0 Å². The number of hydrogen-bond acceptors (Lipinski definition) is 5. The molecule has 0 fully saturated rings. The van der Waals surface area contributed by atoms with Crippen molar-refractivity contribution in [3.8, 4) is 11.8 Å². The minimum absolute atomic E-state index is 0.0133. The second kappa shape index (κ2) is 7.24. The molecule has 0 unspecified atom stereocenters. The summed E-state index contributed by atoms with van der Waals surface area (Å²) in [6.45, 7) is 0.0133. The Morgan fingerprint density at radius 2 is 2.00 bits per heavy atom. The number of rotatable bonds is 5. The van der Waals surface area contributed by atoms with E-state index in [0.717, 1.165) is 18.2 Å². The van der Waals surface area contributed by atoms with E-state index in [9.17, 15) is 8.78 Å². The molecule has 0 bridgehead atoms. The van der Waals surface area contributed by atoms with E-state index in [1.54, 1.807) is 24.3 Å². The monoisotopic (exact) mass is 316 g/mol. The van der Waals surface area contributed by atoms with E-state index < -0.39 is 11.6 Å². The van der Waals surface area contributed by atoms with E-state index >= 15 is 0 Å². The first-order valence-corrected chi connectivity index (χ1v) is 6.58. The quantitative estimate of drug-likeness (QED) is 0.446. The van der Waals surface area contributed by atoms with Gasteiger partial charge in [-0.25, -0.2) is 14.6 Å². The van der Waals surface area contributed by atoms with Crippen LogP contribution in [-0.2, 0) is 6.61 Å². The number of halogens is 2. The summed E-state index contributed by atoms with van der Waals surface area (Å²) in [5.74, 6) is 3.79. The summed E-state index contributed by atoms with van der Waals surface area (Å²) < 4.78 is 31.9. The van der Waals surface area contributed by atoms with Gasteiger partial charge < -0.3 is 15.9 Å². The number of benzene rings is 2. The van der Waals surface area contributed by atoms with Gasteiger partial charge in [0, 0.05) is 11.6 Å². The summed E-state index contributed by atoms with van der Waals surface area (Å²) in [6, 6.07) is 11.6. The van der Waals surface area contributed by atoms with Crippen molar-refractivity contribution in [1.82, 2.24) is 5.43 Å². The number of nitrogens with two attached hydrogens (primary N) is 2. The second-order valence-corrected chi connectivity index (χ2v) is 4.61. The van der Waals surface area contributed by atoms with Crippen molar-refractivity contribution in [2.75, 3.05) is 0 Å². The zero-order chi connectivity index (χ0) is 16.8. The molecule has 2 rings (SSSR count). The molecule has 0 atom stereocenters. The van der Waals surface area contributed by atoms with Gasteiger partial charge >= 0.3 is 0 Å². The van der Waals surface area contributed by atoms with Gasteiger partial charge in [-0.15, -0.1) is 0 Å². The van der Waals surface area contributed by atoms with Gasteiger partial charge in [0.2, 0.25) is 0 Å². The molecule has 0 spiro atoms. The van der Waals surface area contributed by atoms with E-state index in [-0.39, 0.29) is 23.8 Å². The molecule has 2 aromatic carbocycles. The average molecular weight is 316 g/mol. The van der Waals surface area contributed by atoms with Crippen molar-refractivity contribution >= 4 is 5.70 Å². The molecule has 118 valence electrons. The van der Waals surface area contributed by atoms with Crippen LogP contribution in [0.25, 0.3) is 5.70 Å². The molecule has 23 heavy (non-hydrogen) atoms. The Morgan fingerprint density at radius 1 is 1.22 bits per heavy atom. The standard InChI is InChI=1S/C16H14F2N4O/c17-12-4-5-13(18)15(7-12)23-9-10-2-1-3-11(6-10)16(20)14(8-19)22-21/h1-7,22H,9,20-21H2/b16-14-. The third kappa shape index (κ3) is 3.96. The fourth-order valence-corrected chi connectivity index (χ4v) is 1.89. The third-order valence-corrected chi connectivity index (χ3v) is 3.05. The van der Waals surface area contributed by atoms with Crippen LogP contribution in [0.5, 0.6) is 5.75 Å². The van der Waals surface area contributed by atoms with Crippen LogP contribution in [0.4, 0.5) is 8.78 Å². The van der Waals surface area contributed by atoms with Gasteiger partial charge in [-0.3, -0.25) is 0 Å². The second-order valence-electron chi connectivity index (χ2n) is 4.61. The molecule has 5 nitrogen and oxygen atoms in total. The lowest BCUT2D eigenvalue weighted by molar-refractivity contribution is 0.288. The van der Waals surface area contributed by atoms with Crippen LogP contribution in [0.15, 0.2) is 48.2 Å². The molecule has 5 N–H and O–H groups in total. The van der Waals surface area contributed by atoms with Gasteiger partial charge in [-0.2, -0.15) is 5.26 Å². The van der Waals surface area contributed by atoms with Crippen LogP contribution in [-0.4, -0.2) is 0 Å². The van der Waals surface area contributed by atoms with Crippen molar-refractivity contribution in [3.63, 3.8) is 0 Å². The van der Waals surface area contributed by atoms with Gasteiger partial charge in [0.05, 0.1) is 5.70 Å². The van der Waals surface area contributed by atoms with Gasteiger partial charge in [0.15, 0.2) is 17.3 Å². The highest BCUT2D eigenvalue weighted by Crippen LogP contribution is 2.20. The number of nitriles is 1. The lowest BCUT2D eigenvalue weighted by Crippen LogP contribution is -2.23. The molecule has 0 saturated carbocycles. The molecular formula is C16H14F2N4O. The molecule has 0 aliphatic heterocycles. The highest BCUT2D eigenvalue weighted by atomic mass is 19.1. The Balaban J connectivity index is 2.20. The number of nitrogens with one attached hydrogen (secondary N) is 1. The smallest absolute Gasteiger partial charge is 0.165 e. The SMILES string of the molecule is N#C/C(NN)=C(/N)c1cccc(COc2cc(F)ccc2F)c1. The normalized spacial score (nSPS) is 11.4. The summed E-state index contributed by atoms with van der Waals surface area (Å²) in [5.41, 5.74) is 9.48. The summed E-state index contributed by atoms with van der Waals surface area (Å²) >= 11 is 0. The van der Waals surface area contributed by atoms with E-state index in [1.807, 2.05) is 6.07 Å². The molecule has 0 aromatic heterocycles. The summed E-state index contributed by atoms with van der Waals surface area (Å²) in [4.78, 5) is 0.